The van der Waals surface area contributed by atoms with E-state index in [4.69, 9.17) is 0 Å². The summed E-state index contributed by atoms with van der Waals surface area (Å²) in [5, 5.41) is 0. The summed E-state index contributed by atoms with van der Waals surface area (Å²) in [5.74, 6) is -2.76. The van der Waals surface area contributed by atoms with E-state index in [1.54, 1.807) is 29.1 Å². The zero-order chi connectivity index (χ0) is 18.8. The molecule has 0 unspecified atom stereocenters. The van der Waals surface area contributed by atoms with Crippen molar-refractivity contribution >= 4 is 15.9 Å². The quantitative estimate of drug-likeness (QED) is 0.815. The number of hydrogen-bond donors (Lipinski definition) is 2. The van der Waals surface area contributed by atoms with Gasteiger partial charge >= 0.3 is 0 Å². The van der Waals surface area contributed by atoms with Gasteiger partial charge in [-0.05, 0) is 41.3 Å². The first kappa shape index (κ1) is 19.0. The van der Waals surface area contributed by atoms with Crippen LogP contribution in [0.15, 0.2) is 47.4 Å². The van der Waals surface area contributed by atoms with Gasteiger partial charge in [-0.15, -0.1) is 4.83 Å². The number of carbonyl (C=O) groups is 1. The summed E-state index contributed by atoms with van der Waals surface area (Å²) in [7, 11) is -4.44. The second kappa shape index (κ2) is 6.89. The topological polar surface area (TPSA) is 75.3 Å². The summed E-state index contributed by atoms with van der Waals surface area (Å²) in [6.45, 7) is 6.05. The normalized spacial score (nSPS) is 12.0. The van der Waals surface area contributed by atoms with Crippen LogP contribution >= 0.6 is 0 Å². The molecule has 5 nitrogen and oxygen atoms in total. The Labute approximate surface area is 145 Å². The Morgan fingerprint density at radius 2 is 1.60 bits per heavy atom. The predicted molar refractivity (Wildman–Crippen MR) is 89.3 cm³/mol. The van der Waals surface area contributed by atoms with E-state index in [-0.39, 0.29) is 11.0 Å². The van der Waals surface area contributed by atoms with Gasteiger partial charge in [0, 0.05) is 5.56 Å². The lowest BCUT2D eigenvalue weighted by molar-refractivity contribution is 0.0945. The van der Waals surface area contributed by atoms with Crippen LogP contribution in [0.2, 0.25) is 0 Å². The fourth-order valence-electron chi connectivity index (χ4n) is 2.05. The summed E-state index contributed by atoms with van der Waals surface area (Å²) in [6.07, 6.45) is 0. The SMILES string of the molecule is CC(C)(C)c1ccc(C(=O)NNS(=O)(=O)c2cc(F)ccc2F)cc1. The van der Waals surface area contributed by atoms with Gasteiger partial charge < -0.3 is 0 Å². The molecule has 1 amide bonds. The molecular formula is C17H18F2N2O3S. The standard InChI is InChI=1S/C17H18F2N2O3S/c1-17(2,3)12-6-4-11(5-7-12)16(22)20-21-25(23,24)15-10-13(18)8-9-14(15)19/h4-10,21H,1-3H3,(H,20,22). The van der Waals surface area contributed by atoms with Gasteiger partial charge in [0.25, 0.3) is 15.9 Å². The van der Waals surface area contributed by atoms with Gasteiger partial charge in [-0.2, -0.15) is 0 Å². The zero-order valence-corrected chi connectivity index (χ0v) is 14.7. The van der Waals surface area contributed by atoms with Crippen molar-refractivity contribution in [2.45, 2.75) is 31.1 Å². The molecule has 2 rings (SSSR count). The van der Waals surface area contributed by atoms with Crippen molar-refractivity contribution in [3.8, 4) is 0 Å². The Morgan fingerprint density at radius 1 is 1.00 bits per heavy atom. The van der Waals surface area contributed by atoms with E-state index in [1.165, 1.54) is 0 Å². The third-order valence-corrected chi connectivity index (χ3v) is 4.76. The van der Waals surface area contributed by atoms with Gasteiger partial charge in [0.1, 0.15) is 16.5 Å². The zero-order valence-electron chi connectivity index (χ0n) is 13.9. The molecule has 2 N–H and O–H groups in total. The Hall–Kier alpha value is -2.32. The minimum absolute atomic E-state index is 0.0918. The van der Waals surface area contributed by atoms with Gasteiger partial charge in [0.05, 0.1) is 0 Å². The number of amides is 1. The number of rotatable bonds is 4. The highest BCUT2D eigenvalue weighted by Crippen LogP contribution is 2.22. The molecule has 0 atom stereocenters. The summed E-state index contributed by atoms with van der Waals surface area (Å²) in [5.41, 5.74) is 3.11. The number of carbonyl (C=O) groups excluding carboxylic acids is 1. The van der Waals surface area contributed by atoms with Crippen LogP contribution in [0.4, 0.5) is 8.78 Å². The van der Waals surface area contributed by atoms with Gasteiger partial charge in [-0.1, -0.05) is 32.9 Å². The van der Waals surface area contributed by atoms with E-state index in [1.807, 2.05) is 26.2 Å². The van der Waals surface area contributed by atoms with Crippen LogP contribution in [0.25, 0.3) is 0 Å². The Bertz CT molecular complexity index is 889. The Morgan fingerprint density at radius 3 is 2.16 bits per heavy atom. The molecule has 0 aromatic heterocycles. The van der Waals surface area contributed by atoms with Gasteiger partial charge in [-0.25, -0.2) is 17.2 Å². The van der Waals surface area contributed by atoms with Gasteiger partial charge in [-0.3, -0.25) is 10.2 Å². The highest BCUT2D eigenvalue weighted by Gasteiger charge is 2.21. The molecule has 0 aliphatic heterocycles. The van der Waals surface area contributed by atoms with Gasteiger partial charge in [0.2, 0.25) is 0 Å². The molecule has 2 aromatic rings. The summed E-state index contributed by atoms with van der Waals surface area (Å²) in [6, 6.07) is 8.63. The van der Waals surface area contributed by atoms with Crippen LogP contribution in [0.1, 0.15) is 36.7 Å². The van der Waals surface area contributed by atoms with E-state index in [0.29, 0.717) is 12.1 Å². The summed E-state index contributed by atoms with van der Waals surface area (Å²) < 4.78 is 50.7. The maximum absolute atomic E-state index is 13.6. The number of hydrazine groups is 1. The third-order valence-electron chi connectivity index (χ3n) is 3.49. The average Bonchev–Trinajstić information content (AvgIpc) is 2.54. The largest absolute Gasteiger partial charge is 0.273 e. The van der Waals surface area contributed by atoms with E-state index >= 15 is 0 Å². The van der Waals surface area contributed by atoms with E-state index < -0.39 is 32.5 Å². The highest BCUT2D eigenvalue weighted by atomic mass is 32.2. The maximum Gasteiger partial charge on any atom is 0.266 e. The minimum atomic E-state index is -4.44. The highest BCUT2D eigenvalue weighted by molar-refractivity contribution is 7.89. The first-order valence-electron chi connectivity index (χ1n) is 7.38. The van der Waals surface area contributed by atoms with Crippen molar-refractivity contribution in [1.82, 2.24) is 10.3 Å². The van der Waals surface area contributed by atoms with Crippen molar-refractivity contribution in [3.63, 3.8) is 0 Å². The molecule has 2 aromatic carbocycles. The molecule has 0 spiro atoms. The Balaban J connectivity index is 2.12. The van der Waals surface area contributed by atoms with E-state index in [9.17, 15) is 22.0 Å². The monoisotopic (exact) mass is 368 g/mol. The number of sulfonamides is 1. The van der Waals surface area contributed by atoms with Crippen molar-refractivity contribution in [3.05, 3.63) is 65.2 Å². The van der Waals surface area contributed by atoms with Crippen LogP contribution in [-0.4, -0.2) is 14.3 Å². The maximum atomic E-state index is 13.6. The summed E-state index contributed by atoms with van der Waals surface area (Å²) in [4.78, 5) is 12.9. The van der Waals surface area contributed by atoms with Crippen molar-refractivity contribution < 1.29 is 22.0 Å². The predicted octanol–water partition coefficient (Wildman–Crippen LogP) is 2.89. The first-order chi connectivity index (χ1) is 11.5. The molecule has 0 radical (unpaired) electrons. The second-order valence-corrected chi connectivity index (χ2v) is 8.11. The minimum Gasteiger partial charge on any atom is -0.273 e. The molecular weight excluding hydrogens is 350 g/mol. The van der Waals surface area contributed by atoms with Crippen molar-refractivity contribution in [1.29, 1.82) is 0 Å². The molecule has 134 valence electrons. The number of benzene rings is 2. The molecule has 8 heteroatoms. The van der Waals surface area contributed by atoms with Crippen LogP contribution in [0.3, 0.4) is 0 Å². The molecule has 0 fully saturated rings. The summed E-state index contributed by atoms with van der Waals surface area (Å²) >= 11 is 0. The molecule has 0 aliphatic rings. The fourth-order valence-corrected chi connectivity index (χ4v) is 2.97. The molecule has 25 heavy (non-hydrogen) atoms. The lowest BCUT2D eigenvalue weighted by atomic mass is 9.87. The van der Waals surface area contributed by atoms with Crippen LogP contribution < -0.4 is 10.3 Å². The number of halogens is 2. The third kappa shape index (κ3) is 4.61. The van der Waals surface area contributed by atoms with E-state index in [0.717, 1.165) is 11.6 Å². The second-order valence-electron chi connectivity index (χ2n) is 6.46. The smallest absolute Gasteiger partial charge is 0.266 e. The molecule has 0 saturated carbocycles. The average molecular weight is 368 g/mol. The molecule has 0 saturated heterocycles. The number of nitrogens with one attached hydrogen (secondary N) is 2. The van der Waals surface area contributed by atoms with Crippen LogP contribution in [0.5, 0.6) is 0 Å². The van der Waals surface area contributed by atoms with E-state index in [2.05, 4.69) is 0 Å². The lowest BCUT2D eigenvalue weighted by Gasteiger charge is -2.19. The van der Waals surface area contributed by atoms with Gasteiger partial charge in [0.15, 0.2) is 0 Å². The number of hydrogen-bond acceptors (Lipinski definition) is 3. The fraction of sp³-hybridized carbons (Fsp3) is 0.235. The van der Waals surface area contributed by atoms with Crippen LogP contribution in [0, 0.1) is 11.6 Å². The van der Waals surface area contributed by atoms with Crippen molar-refractivity contribution in [2.75, 3.05) is 0 Å². The molecule has 0 aliphatic carbocycles. The van der Waals surface area contributed by atoms with Crippen molar-refractivity contribution in [2.24, 2.45) is 0 Å². The Kier molecular flexibility index (Phi) is 5.24. The molecule has 0 bridgehead atoms. The molecule has 0 heterocycles. The lowest BCUT2D eigenvalue weighted by Crippen LogP contribution is -2.41. The van der Waals surface area contributed by atoms with Crippen LogP contribution in [-0.2, 0) is 15.4 Å². The first-order valence-corrected chi connectivity index (χ1v) is 8.87.